The molecule has 0 radical (unpaired) electrons. The number of carbonyl (C=O) groups is 2. The molecule has 1 aliphatic heterocycles. The van der Waals surface area contributed by atoms with Crippen LogP contribution < -0.4 is 9.64 Å². The first kappa shape index (κ1) is 23.7. The molecule has 9 heteroatoms. The predicted octanol–water partition coefficient (Wildman–Crippen LogP) is 6.28. The highest BCUT2D eigenvalue weighted by Crippen LogP contribution is 2.45. The first-order valence-electron chi connectivity index (χ1n) is 10.8. The van der Waals surface area contributed by atoms with Crippen molar-refractivity contribution in [1.82, 2.24) is 4.98 Å². The smallest absolute Gasteiger partial charge is 0.301 e. The van der Waals surface area contributed by atoms with Crippen LogP contribution in [-0.2, 0) is 9.59 Å². The standard InChI is InChI=1S/C27H18ClFN2O4S/c1-2-12-35-19-5-3-4-16(13-19)23-22(24(32)15-6-8-17(28)9-7-15)25(33)26(34)31(23)27-30-20-11-10-18(29)14-21(20)36-27/h2-11,13-14,23,32H,1,12H2/b24-22+. The number of fused-ring (bicyclic) bond motifs is 1. The number of halogens is 2. The highest BCUT2D eigenvalue weighted by Gasteiger charge is 2.48. The molecule has 1 N–H and O–H groups in total. The third-order valence-corrected chi connectivity index (χ3v) is 6.92. The van der Waals surface area contributed by atoms with Gasteiger partial charge in [-0.15, -0.1) is 0 Å². The summed E-state index contributed by atoms with van der Waals surface area (Å²) in [5.74, 6) is -2.01. The Hall–Kier alpha value is -4.01. The number of Topliss-reactive ketones (excluding diaryl/α,β-unsaturated/α-hetero) is 1. The fourth-order valence-corrected chi connectivity index (χ4v) is 5.17. The largest absolute Gasteiger partial charge is 0.507 e. The molecule has 1 fully saturated rings. The lowest BCUT2D eigenvalue weighted by Crippen LogP contribution is -2.29. The number of aliphatic hydroxyl groups excluding tert-OH is 1. The summed E-state index contributed by atoms with van der Waals surface area (Å²) in [6.07, 6.45) is 1.60. The second-order valence-electron chi connectivity index (χ2n) is 7.96. The van der Waals surface area contributed by atoms with Gasteiger partial charge in [-0.1, -0.05) is 47.7 Å². The molecular weight excluding hydrogens is 503 g/mol. The van der Waals surface area contributed by atoms with Gasteiger partial charge in [-0.05, 0) is 60.2 Å². The number of benzene rings is 3. The molecule has 2 heterocycles. The summed E-state index contributed by atoms with van der Waals surface area (Å²) in [5.41, 5.74) is 1.23. The molecule has 6 nitrogen and oxygen atoms in total. The molecule has 1 atom stereocenters. The van der Waals surface area contributed by atoms with Gasteiger partial charge in [0.1, 0.15) is 23.9 Å². The van der Waals surface area contributed by atoms with E-state index in [1.54, 1.807) is 54.6 Å². The van der Waals surface area contributed by atoms with Gasteiger partial charge in [0.25, 0.3) is 5.78 Å². The number of thiazole rings is 1. The van der Waals surface area contributed by atoms with Gasteiger partial charge in [0, 0.05) is 10.6 Å². The minimum Gasteiger partial charge on any atom is -0.507 e. The Morgan fingerprint density at radius 2 is 1.94 bits per heavy atom. The lowest BCUT2D eigenvalue weighted by Gasteiger charge is -2.23. The monoisotopic (exact) mass is 520 g/mol. The summed E-state index contributed by atoms with van der Waals surface area (Å²) < 4.78 is 20.0. The van der Waals surface area contributed by atoms with Gasteiger partial charge in [-0.25, -0.2) is 9.37 Å². The van der Waals surface area contributed by atoms with Gasteiger partial charge in [-0.3, -0.25) is 14.5 Å². The lowest BCUT2D eigenvalue weighted by molar-refractivity contribution is -0.132. The first-order chi connectivity index (χ1) is 17.4. The van der Waals surface area contributed by atoms with Crippen LogP contribution in [0.2, 0.25) is 5.02 Å². The molecule has 3 aromatic carbocycles. The van der Waals surface area contributed by atoms with Gasteiger partial charge in [0.15, 0.2) is 5.13 Å². The fourth-order valence-electron chi connectivity index (χ4n) is 4.03. The SMILES string of the molecule is C=CCOc1cccc(C2/C(=C(\O)c3ccc(Cl)cc3)C(=O)C(=O)N2c2nc3ccc(F)cc3s2)c1. The normalized spacial score (nSPS) is 17.1. The van der Waals surface area contributed by atoms with E-state index >= 15 is 0 Å². The maximum atomic E-state index is 13.8. The van der Waals surface area contributed by atoms with Crippen LogP contribution in [0.3, 0.4) is 0 Å². The molecule has 0 saturated carbocycles. The highest BCUT2D eigenvalue weighted by molar-refractivity contribution is 7.22. The molecule has 1 saturated heterocycles. The summed E-state index contributed by atoms with van der Waals surface area (Å²) in [4.78, 5) is 32.4. The molecule has 1 unspecified atom stereocenters. The van der Waals surface area contributed by atoms with E-state index in [1.165, 1.54) is 23.1 Å². The van der Waals surface area contributed by atoms with E-state index in [0.717, 1.165) is 11.3 Å². The van der Waals surface area contributed by atoms with Crippen molar-refractivity contribution in [3.8, 4) is 5.75 Å². The predicted molar refractivity (Wildman–Crippen MR) is 138 cm³/mol. The van der Waals surface area contributed by atoms with Crippen molar-refractivity contribution >= 4 is 55.7 Å². The van der Waals surface area contributed by atoms with Crippen LogP contribution in [0.5, 0.6) is 5.75 Å². The zero-order chi connectivity index (χ0) is 25.4. The van der Waals surface area contributed by atoms with Gasteiger partial charge >= 0.3 is 5.91 Å². The highest BCUT2D eigenvalue weighted by atomic mass is 35.5. The van der Waals surface area contributed by atoms with E-state index in [2.05, 4.69) is 11.6 Å². The first-order valence-corrected chi connectivity index (χ1v) is 12.0. The third kappa shape index (κ3) is 4.25. The average Bonchev–Trinajstić information content (AvgIpc) is 3.40. The number of carbonyl (C=O) groups excluding carboxylic acids is 2. The third-order valence-electron chi connectivity index (χ3n) is 5.65. The lowest BCUT2D eigenvalue weighted by atomic mass is 9.95. The minimum atomic E-state index is -1.00. The van der Waals surface area contributed by atoms with Gasteiger partial charge in [-0.2, -0.15) is 0 Å². The number of nitrogens with zero attached hydrogens (tertiary/aromatic N) is 2. The number of ether oxygens (including phenoxy) is 1. The van der Waals surface area contributed by atoms with Crippen molar-refractivity contribution in [2.24, 2.45) is 0 Å². The second kappa shape index (κ2) is 9.56. The van der Waals surface area contributed by atoms with E-state index in [9.17, 15) is 19.1 Å². The second-order valence-corrected chi connectivity index (χ2v) is 9.40. The van der Waals surface area contributed by atoms with Crippen LogP contribution >= 0.6 is 22.9 Å². The van der Waals surface area contributed by atoms with Crippen molar-refractivity contribution in [1.29, 1.82) is 0 Å². The minimum absolute atomic E-state index is 0.103. The Morgan fingerprint density at radius 1 is 1.17 bits per heavy atom. The van der Waals surface area contributed by atoms with Crippen LogP contribution in [0.1, 0.15) is 17.2 Å². The van der Waals surface area contributed by atoms with E-state index in [1.807, 2.05) is 0 Å². The summed E-state index contributed by atoms with van der Waals surface area (Å²) in [5, 5.41) is 11.9. The van der Waals surface area contributed by atoms with Crippen LogP contribution in [0.25, 0.3) is 16.0 Å². The van der Waals surface area contributed by atoms with Gasteiger partial charge in [0.2, 0.25) is 0 Å². The average molecular weight is 521 g/mol. The molecule has 1 aromatic heterocycles. The van der Waals surface area contributed by atoms with Crippen molar-refractivity contribution in [2.45, 2.75) is 6.04 Å². The summed E-state index contributed by atoms with van der Waals surface area (Å²) in [6.45, 7) is 3.90. The molecule has 4 aromatic rings. The van der Waals surface area contributed by atoms with Gasteiger partial charge < -0.3 is 9.84 Å². The quantitative estimate of drug-likeness (QED) is 0.140. The Bertz CT molecular complexity index is 1550. The molecule has 1 amide bonds. The number of ketones is 1. The molecule has 0 spiro atoms. The number of hydrogen-bond acceptors (Lipinski definition) is 6. The van der Waals surface area contributed by atoms with Crippen molar-refractivity contribution in [2.75, 3.05) is 11.5 Å². The Morgan fingerprint density at radius 3 is 2.69 bits per heavy atom. The molecule has 36 heavy (non-hydrogen) atoms. The summed E-state index contributed by atoms with van der Waals surface area (Å²) >= 11 is 7.06. The van der Waals surface area contributed by atoms with Crippen LogP contribution in [-0.4, -0.2) is 28.4 Å². The number of aliphatic hydroxyl groups is 1. The molecule has 5 rings (SSSR count). The topological polar surface area (TPSA) is 79.7 Å². The Kier molecular flexibility index (Phi) is 6.30. The number of rotatable bonds is 6. The van der Waals surface area contributed by atoms with Crippen molar-refractivity contribution in [3.05, 3.63) is 107 Å². The van der Waals surface area contributed by atoms with E-state index < -0.39 is 23.5 Å². The Balaban J connectivity index is 1.71. The fraction of sp³-hybridized carbons (Fsp3) is 0.0741. The summed E-state index contributed by atoms with van der Waals surface area (Å²) in [7, 11) is 0. The molecule has 1 aliphatic rings. The maximum absolute atomic E-state index is 13.8. The molecule has 0 bridgehead atoms. The number of amides is 1. The number of anilines is 1. The van der Waals surface area contributed by atoms with E-state index in [0.29, 0.717) is 32.1 Å². The number of hydrogen-bond donors (Lipinski definition) is 1. The molecule has 180 valence electrons. The Labute approximate surface area is 214 Å². The van der Waals surface area contributed by atoms with Crippen LogP contribution in [0.15, 0.2) is 85.0 Å². The molecule has 0 aliphatic carbocycles. The summed E-state index contributed by atoms with van der Waals surface area (Å²) in [6, 6.07) is 16.3. The van der Waals surface area contributed by atoms with Crippen LogP contribution in [0, 0.1) is 5.82 Å². The van der Waals surface area contributed by atoms with E-state index in [-0.39, 0.29) is 23.1 Å². The van der Waals surface area contributed by atoms with Crippen LogP contribution in [0.4, 0.5) is 9.52 Å². The zero-order valence-corrected chi connectivity index (χ0v) is 20.2. The zero-order valence-electron chi connectivity index (χ0n) is 18.7. The molecular formula is C27H18ClFN2O4S. The van der Waals surface area contributed by atoms with Gasteiger partial charge in [0.05, 0.1) is 21.8 Å². The van der Waals surface area contributed by atoms with E-state index in [4.69, 9.17) is 16.3 Å². The number of aromatic nitrogens is 1. The maximum Gasteiger partial charge on any atom is 0.301 e. The van der Waals surface area contributed by atoms with Crippen molar-refractivity contribution < 1.29 is 23.8 Å². The van der Waals surface area contributed by atoms with Crippen molar-refractivity contribution in [3.63, 3.8) is 0 Å².